The molecule has 0 aromatic heterocycles. The van der Waals surface area contributed by atoms with Gasteiger partial charge in [0.25, 0.3) is 0 Å². The maximum atomic E-state index is 10.6. The summed E-state index contributed by atoms with van der Waals surface area (Å²) in [4.78, 5) is 0. The highest BCUT2D eigenvalue weighted by Crippen LogP contribution is 2.24. The average molecular weight is 258 g/mol. The summed E-state index contributed by atoms with van der Waals surface area (Å²) in [5.74, 6) is -0.745. The van der Waals surface area contributed by atoms with Crippen LogP contribution in [-0.2, 0) is 23.9 Å². The van der Waals surface area contributed by atoms with Crippen LogP contribution >= 0.6 is 11.6 Å². The number of halogens is 1. The summed E-state index contributed by atoms with van der Waals surface area (Å²) >= 11 is 5.68. The predicted octanol–water partition coefficient (Wildman–Crippen LogP) is 0.666. The molecular weight excluding hydrogens is 246 g/mol. The van der Waals surface area contributed by atoms with E-state index in [-0.39, 0.29) is 11.8 Å². The summed E-state index contributed by atoms with van der Waals surface area (Å²) in [7, 11) is -3.65. The van der Waals surface area contributed by atoms with Gasteiger partial charge in [0.1, 0.15) is 6.10 Å². The fourth-order valence-electron chi connectivity index (χ4n) is 0.966. The van der Waals surface area contributed by atoms with Gasteiger partial charge in [0.15, 0.2) is 11.0 Å². The van der Waals surface area contributed by atoms with E-state index in [4.69, 9.17) is 21.1 Å². The summed E-state index contributed by atoms with van der Waals surface area (Å²) in [5, 5.41) is 3.14. The third kappa shape index (κ3) is 4.33. The molecule has 0 saturated carbocycles. The van der Waals surface area contributed by atoms with Crippen molar-refractivity contribution in [3.05, 3.63) is 0 Å². The van der Waals surface area contributed by atoms with Gasteiger partial charge >= 0.3 is 10.1 Å². The molecule has 0 radical (unpaired) electrons. The smallest absolute Gasteiger partial charge is 0.325 e. The molecule has 1 saturated heterocycles. The normalized spacial score (nSPS) is 26.7. The number of rotatable bonds is 3. The zero-order valence-corrected chi connectivity index (χ0v) is 10.1. The monoisotopic (exact) mass is 257 g/mol. The predicted molar refractivity (Wildman–Crippen MR) is 54.1 cm³/mol. The molecule has 0 amide bonds. The highest BCUT2D eigenvalue weighted by Gasteiger charge is 2.35. The van der Waals surface area contributed by atoms with E-state index in [1.807, 2.05) is 0 Å². The molecule has 15 heavy (non-hydrogen) atoms. The fourth-order valence-corrected chi connectivity index (χ4v) is 1.37. The zero-order valence-electron chi connectivity index (χ0n) is 8.56. The second kappa shape index (κ2) is 4.25. The molecule has 0 aromatic rings. The quantitative estimate of drug-likeness (QED) is 0.549. The molecule has 88 valence electrons. The lowest BCUT2D eigenvalue weighted by Gasteiger charge is -2.15. The van der Waals surface area contributed by atoms with Gasteiger partial charge in [0, 0.05) is 0 Å². The Bertz CT molecular complexity index is 364. The topological polar surface area (TPSA) is 74.2 Å². The van der Waals surface area contributed by atoms with Crippen molar-refractivity contribution in [2.24, 2.45) is 5.16 Å². The van der Waals surface area contributed by atoms with E-state index >= 15 is 0 Å². The van der Waals surface area contributed by atoms with Gasteiger partial charge in [0.2, 0.25) is 0 Å². The molecule has 0 aliphatic carbocycles. The first-order valence-corrected chi connectivity index (χ1v) is 6.33. The van der Waals surface area contributed by atoms with E-state index in [9.17, 15) is 8.42 Å². The third-order valence-corrected chi connectivity index (χ3v) is 2.19. The molecule has 1 atom stereocenters. The Morgan fingerprint density at radius 1 is 1.60 bits per heavy atom. The van der Waals surface area contributed by atoms with Crippen molar-refractivity contribution in [3.8, 4) is 0 Å². The molecule has 0 unspecified atom stereocenters. The summed E-state index contributed by atoms with van der Waals surface area (Å²) in [6.07, 6.45) is 0.278. The lowest BCUT2D eigenvalue weighted by Crippen LogP contribution is -2.24. The Labute approximate surface area is 93.3 Å². The highest BCUT2D eigenvalue weighted by atomic mass is 35.5. The summed E-state index contributed by atoms with van der Waals surface area (Å²) < 4.78 is 35.9. The Kier molecular flexibility index (Phi) is 3.59. The second-order valence-corrected chi connectivity index (χ2v) is 5.45. The maximum Gasteiger partial charge on any atom is 0.325 e. The van der Waals surface area contributed by atoms with E-state index in [1.54, 1.807) is 13.8 Å². The first kappa shape index (κ1) is 12.7. The van der Waals surface area contributed by atoms with Crippen molar-refractivity contribution in [2.45, 2.75) is 25.7 Å². The van der Waals surface area contributed by atoms with Crippen molar-refractivity contribution < 1.29 is 22.2 Å². The minimum absolute atomic E-state index is 0.0917. The molecule has 0 N–H and O–H groups in total. The number of ether oxygens (including phenoxy) is 2. The number of hydrogen-bond acceptors (Lipinski definition) is 6. The maximum absolute atomic E-state index is 10.6. The summed E-state index contributed by atoms with van der Waals surface area (Å²) in [6, 6.07) is 0. The standard InChI is InChI=1S/C7H12ClNO5S/c1-7(2)12-4-5(13-7)6(8)9-14-15(3,10)11/h5H,4H2,1-3H3/b9-6-/t5-/m0/s1. The van der Waals surface area contributed by atoms with Crippen LogP contribution in [0.4, 0.5) is 0 Å². The van der Waals surface area contributed by atoms with Crippen LogP contribution in [0.5, 0.6) is 0 Å². The van der Waals surface area contributed by atoms with Crippen LogP contribution in [0, 0.1) is 0 Å². The third-order valence-electron chi connectivity index (χ3n) is 1.53. The minimum atomic E-state index is -3.65. The van der Waals surface area contributed by atoms with Gasteiger partial charge in [-0.3, -0.25) is 4.28 Å². The van der Waals surface area contributed by atoms with Crippen LogP contribution in [0.3, 0.4) is 0 Å². The average Bonchev–Trinajstić information content (AvgIpc) is 2.40. The highest BCUT2D eigenvalue weighted by molar-refractivity contribution is 7.85. The van der Waals surface area contributed by atoms with Crippen LogP contribution < -0.4 is 0 Å². The van der Waals surface area contributed by atoms with Crippen LogP contribution in [0.25, 0.3) is 0 Å². The number of hydrogen-bond donors (Lipinski definition) is 0. The van der Waals surface area contributed by atoms with E-state index < -0.39 is 22.0 Å². The van der Waals surface area contributed by atoms with Crippen molar-refractivity contribution >= 4 is 26.9 Å². The second-order valence-electron chi connectivity index (χ2n) is 3.51. The number of oxime groups is 1. The number of nitrogens with zero attached hydrogens (tertiary/aromatic N) is 1. The van der Waals surface area contributed by atoms with Gasteiger partial charge in [-0.2, -0.15) is 8.42 Å². The lowest BCUT2D eigenvalue weighted by atomic mass is 10.4. The SMILES string of the molecule is CC1(C)OC[C@@H](/C(Cl)=N/OS(C)(=O)=O)O1. The molecule has 0 aromatic carbocycles. The van der Waals surface area contributed by atoms with Gasteiger partial charge in [-0.15, -0.1) is 0 Å². The Hall–Kier alpha value is -0.370. The molecule has 1 fully saturated rings. The molecule has 0 bridgehead atoms. The molecular formula is C7H12ClNO5S. The first-order chi connectivity index (χ1) is 6.70. The molecule has 1 aliphatic heterocycles. The molecule has 0 spiro atoms. The van der Waals surface area contributed by atoms with E-state index in [0.717, 1.165) is 6.26 Å². The van der Waals surface area contributed by atoms with Crippen molar-refractivity contribution in [3.63, 3.8) is 0 Å². The Morgan fingerprint density at radius 2 is 2.20 bits per heavy atom. The molecule has 8 heteroatoms. The van der Waals surface area contributed by atoms with Gasteiger partial charge in [-0.25, -0.2) is 0 Å². The van der Waals surface area contributed by atoms with E-state index in [2.05, 4.69) is 9.44 Å². The van der Waals surface area contributed by atoms with E-state index in [0.29, 0.717) is 0 Å². The van der Waals surface area contributed by atoms with Gasteiger partial charge in [0.05, 0.1) is 12.9 Å². The Balaban J connectivity index is 2.59. The molecule has 1 rings (SSSR count). The van der Waals surface area contributed by atoms with Crippen LogP contribution in [0.15, 0.2) is 5.16 Å². The molecule has 1 heterocycles. The van der Waals surface area contributed by atoms with Crippen molar-refractivity contribution in [1.82, 2.24) is 0 Å². The molecule has 1 aliphatic rings. The fraction of sp³-hybridized carbons (Fsp3) is 0.857. The largest absolute Gasteiger partial charge is 0.347 e. The lowest BCUT2D eigenvalue weighted by molar-refractivity contribution is -0.131. The minimum Gasteiger partial charge on any atom is -0.347 e. The van der Waals surface area contributed by atoms with E-state index in [1.165, 1.54) is 0 Å². The summed E-state index contributed by atoms with van der Waals surface area (Å²) in [5.41, 5.74) is 0. The van der Waals surface area contributed by atoms with Gasteiger partial charge in [-0.1, -0.05) is 16.8 Å². The molecule has 6 nitrogen and oxygen atoms in total. The van der Waals surface area contributed by atoms with Crippen LogP contribution in [-0.4, -0.2) is 38.3 Å². The van der Waals surface area contributed by atoms with Crippen LogP contribution in [0.1, 0.15) is 13.8 Å². The van der Waals surface area contributed by atoms with Gasteiger partial charge in [-0.05, 0) is 13.8 Å². The first-order valence-electron chi connectivity index (χ1n) is 4.13. The van der Waals surface area contributed by atoms with Crippen LogP contribution in [0.2, 0.25) is 0 Å². The van der Waals surface area contributed by atoms with Crippen molar-refractivity contribution in [1.29, 1.82) is 0 Å². The summed E-state index contributed by atoms with van der Waals surface area (Å²) in [6.45, 7) is 3.64. The zero-order chi connectivity index (χ0) is 11.7. The Morgan fingerprint density at radius 3 is 2.60 bits per heavy atom. The van der Waals surface area contributed by atoms with Crippen molar-refractivity contribution in [2.75, 3.05) is 12.9 Å². The van der Waals surface area contributed by atoms with Gasteiger partial charge < -0.3 is 9.47 Å².